The van der Waals surface area contributed by atoms with Crippen LogP contribution in [0.3, 0.4) is 0 Å². The standard InChI is InChI=1S/C19H18Cl4N4O2/c20-12-3-4-16(24-8-12)25-19(29)11-2-1-5-27(9-11)10-17(28)26-18-14(22)6-13(21)7-15(18)23/h3-4,6-8,11H,1-2,5,9-10H2,(H,26,28)(H,24,25,29). The van der Waals surface area contributed by atoms with E-state index in [1.807, 2.05) is 4.90 Å². The van der Waals surface area contributed by atoms with E-state index in [2.05, 4.69) is 15.6 Å². The molecule has 2 aromatic rings. The molecule has 29 heavy (non-hydrogen) atoms. The van der Waals surface area contributed by atoms with E-state index in [0.29, 0.717) is 28.1 Å². The predicted molar refractivity (Wildman–Crippen MR) is 117 cm³/mol. The Hall–Kier alpha value is -1.57. The molecule has 154 valence electrons. The van der Waals surface area contributed by atoms with Crippen molar-refractivity contribution in [2.24, 2.45) is 5.92 Å². The molecule has 1 unspecified atom stereocenters. The third-order valence-electron chi connectivity index (χ3n) is 4.49. The maximum Gasteiger partial charge on any atom is 0.238 e. The van der Waals surface area contributed by atoms with Crippen molar-refractivity contribution < 1.29 is 9.59 Å². The summed E-state index contributed by atoms with van der Waals surface area (Å²) in [6, 6.07) is 6.33. The zero-order valence-electron chi connectivity index (χ0n) is 15.2. The molecule has 0 spiro atoms. The number of aromatic nitrogens is 1. The fourth-order valence-electron chi connectivity index (χ4n) is 3.13. The molecule has 0 radical (unpaired) electrons. The number of nitrogens with zero attached hydrogens (tertiary/aromatic N) is 2. The molecule has 1 aliphatic rings. The van der Waals surface area contributed by atoms with E-state index < -0.39 is 0 Å². The molecule has 2 N–H and O–H groups in total. The summed E-state index contributed by atoms with van der Waals surface area (Å²) in [4.78, 5) is 31.0. The van der Waals surface area contributed by atoms with Crippen molar-refractivity contribution in [1.82, 2.24) is 9.88 Å². The number of hydrogen-bond acceptors (Lipinski definition) is 4. The second-order valence-corrected chi connectivity index (χ2v) is 8.41. The first-order valence-corrected chi connectivity index (χ1v) is 10.4. The first kappa shape index (κ1) is 22.1. The van der Waals surface area contributed by atoms with Crippen LogP contribution in [0.15, 0.2) is 30.5 Å². The van der Waals surface area contributed by atoms with Gasteiger partial charge in [0, 0.05) is 17.8 Å². The fraction of sp³-hybridized carbons (Fsp3) is 0.316. The second kappa shape index (κ2) is 9.96. The molecule has 0 bridgehead atoms. The van der Waals surface area contributed by atoms with Gasteiger partial charge in [0.25, 0.3) is 0 Å². The number of rotatable bonds is 5. The first-order chi connectivity index (χ1) is 13.8. The van der Waals surface area contributed by atoms with Crippen LogP contribution in [0.25, 0.3) is 0 Å². The minimum atomic E-state index is -0.267. The molecule has 6 nitrogen and oxygen atoms in total. The van der Waals surface area contributed by atoms with E-state index >= 15 is 0 Å². The molecule has 0 aliphatic carbocycles. The average Bonchev–Trinajstić information content (AvgIpc) is 2.66. The number of anilines is 2. The summed E-state index contributed by atoms with van der Waals surface area (Å²) in [6.45, 7) is 1.31. The molecule has 3 rings (SSSR count). The van der Waals surface area contributed by atoms with Gasteiger partial charge in [-0.3, -0.25) is 14.5 Å². The highest BCUT2D eigenvalue weighted by Gasteiger charge is 2.27. The quantitative estimate of drug-likeness (QED) is 0.639. The Morgan fingerprint density at radius 3 is 2.45 bits per heavy atom. The number of pyridine rings is 1. The minimum absolute atomic E-state index is 0.123. The summed E-state index contributed by atoms with van der Waals surface area (Å²) < 4.78 is 0. The van der Waals surface area contributed by atoms with Gasteiger partial charge in [-0.15, -0.1) is 0 Å². The monoisotopic (exact) mass is 474 g/mol. The zero-order chi connectivity index (χ0) is 21.0. The predicted octanol–water partition coefficient (Wildman–Crippen LogP) is 4.98. The van der Waals surface area contributed by atoms with Crippen molar-refractivity contribution in [2.75, 3.05) is 30.3 Å². The van der Waals surface area contributed by atoms with E-state index in [1.54, 1.807) is 12.1 Å². The Labute approximate surface area is 188 Å². The molecule has 1 aromatic carbocycles. The van der Waals surface area contributed by atoms with Crippen molar-refractivity contribution in [3.8, 4) is 0 Å². The number of likely N-dealkylation sites (tertiary alicyclic amines) is 1. The highest BCUT2D eigenvalue weighted by atomic mass is 35.5. The topological polar surface area (TPSA) is 74.3 Å². The van der Waals surface area contributed by atoms with Crippen molar-refractivity contribution in [3.05, 3.63) is 50.6 Å². The smallest absolute Gasteiger partial charge is 0.238 e. The molecule has 2 heterocycles. The van der Waals surface area contributed by atoms with Crippen LogP contribution in [0.1, 0.15) is 12.8 Å². The third-order valence-corrected chi connectivity index (χ3v) is 5.53. The molecule has 1 atom stereocenters. The summed E-state index contributed by atoms with van der Waals surface area (Å²) >= 11 is 23.9. The normalized spacial score (nSPS) is 17.0. The molecular formula is C19H18Cl4N4O2. The number of nitrogens with one attached hydrogen (secondary N) is 2. The van der Waals surface area contributed by atoms with Gasteiger partial charge >= 0.3 is 0 Å². The molecule has 1 saturated heterocycles. The average molecular weight is 476 g/mol. The lowest BCUT2D eigenvalue weighted by atomic mass is 9.97. The maximum atomic E-state index is 12.5. The van der Waals surface area contributed by atoms with Gasteiger partial charge in [0.05, 0.1) is 33.2 Å². The van der Waals surface area contributed by atoms with E-state index in [4.69, 9.17) is 46.4 Å². The third kappa shape index (κ3) is 6.20. The molecular weight excluding hydrogens is 458 g/mol. The number of amides is 2. The molecule has 0 saturated carbocycles. The van der Waals surface area contributed by atoms with Crippen LogP contribution in [0, 0.1) is 5.92 Å². The van der Waals surface area contributed by atoms with Crippen molar-refractivity contribution >= 4 is 69.7 Å². The molecule has 1 aliphatic heterocycles. The number of hydrogen-bond donors (Lipinski definition) is 2. The van der Waals surface area contributed by atoms with Crippen LogP contribution in [0.5, 0.6) is 0 Å². The number of carbonyl (C=O) groups is 2. The van der Waals surface area contributed by atoms with E-state index in [-0.39, 0.29) is 34.3 Å². The lowest BCUT2D eigenvalue weighted by Crippen LogP contribution is -2.44. The van der Waals surface area contributed by atoms with Crippen molar-refractivity contribution in [1.29, 1.82) is 0 Å². The van der Waals surface area contributed by atoms with Crippen LogP contribution in [0.2, 0.25) is 20.1 Å². The largest absolute Gasteiger partial charge is 0.322 e. The van der Waals surface area contributed by atoms with Gasteiger partial charge < -0.3 is 10.6 Å². The minimum Gasteiger partial charge on any atom is -0.322 e. The summed E-state index contributed by atoms with van der Waals surface area (Å²) in [5.74, 6) is -0.191. The Morgan fingerprint density at radius 1 is 1.07 bits per heavy atom. The SMILES string of the molecule is O=C(CN1CCCC(C(=O)Nc2ccc(Cl)cn2)C1)Nc1c(Cl)cc(Cl)cc1Cl. The molecule has 1 fully saturated rings. The van der Waals surface area contributed by atoms with Crippen LogP contribution in [0.4, 0.5) is 11.5 Å². The van der Waals surface area contributed by atoms with Gasteiger partial charge in [0.2, 0.25) is 11.8 Å². The van der Waals surface area contributed by atoms with Crippen molar-refractivity contribution in [3.63, 3.8) is 0 Å². The summed E-state index contributed by atoms with van der Waals surface area (Å²) in [7, 11) is 0. The number of halogens is 4. The maximum absolute atomic E-state index is 12.5. The Balaban J connectivity index is 1.56. The summed E-state index contributed by atoms with van der Waals surface area (Å²) in [5.41, 5.74) is 0.322. The van der Waals surface area contributed by atoms with Gasteiger partial charge in [0.1, 0.15) is 5.82 Å². The molecule has 10 heteroatoms. The van der Waals surface area contributed by atoms with Crippen LogP contribution >= 0.6 is 46.4 Å². The van der Waals surface area contributed by atoms with Crippen LogP contribution in [-0.4, -0.2) is 41.3 Å². The first-order valence-electron chi connectivity index (χ1n) is 8.91. The summed E-state index contributed by atoms with van der Waals surface area (Å²) in [6.07, 6.45) is 3.02. The molecule has 1 aromatic heterocycles. The van der Waals surface area contributed by atoms with E-state index in [1.165, 1.54) is 18.3 Å². The number of carbonyl (C=O) groups excluding carboxylic acids is 2. The number of piperidine rings is 1. The van der Waals surface area contributed by atoms with Crippen LogP contribution < -0.4 is 10.6 Å². The van der Waals surface area contributed by atoms with Gasteiger partial charge in [-0.25, -0.2) is 4.98 Å². The second-order valence-electron chi connectivity index (χ2n) is 6.72. The van der Waals surface area contributed by atoms with E-state index in [9.17, 15) is 9.59 Å². The Bertz CT molecular complexity index is 885. The lowest BCUT2D eigenvalue weighted by molar-refractivity contribution is -0.123. The fourth-order valence-corrected chi connectivity index (χ4v) is 4.16. The van der Waals surface area contributed by atoms with E-state index in [0.717, 1.165) is 19.4 Å². The lowest BCUT2D eigenvalue weighted by Gasteiger charge is -2.31. The van der Waals surface area contributed by atoms with Crippen LogP contribution in [-0.2, 0) is 9.59 Å². The van der Waals surface area contributed by atoms with Gasteiger partial charge in [-0.2, -0.15) is 0 Å². The summed E-state index contributed by atoms with van der Waals surface area (Å²) in [5, 5.41) is 6.92. The van der Waals surface area contributed by atoms with Gasteiger partial charge in [0.15, 0.2) is 0 Å². The Kier molecular flexibility index (Phi) is 7.60. The van der Waals surface area contributed by atoms with Gasteiger partial charge in [-0.1, -0.05) is 46.4 Å². The van der Waals surface area contributed by atoms with Gasteiger partial charge in [-0.05, 0) is 43.7 Å². The number of benzene rings is 1. The highest BCUT2D eigenvalue weighted by Crippen LogP contribution is 2.33. The van der Waals surface area contributed by atoms with Crippen molar-refractivity contribution in [2.45, 2.75) is 12.8 Å². The Morgan fingerprint density at radius 2 is 1.79 bits per heavy atom. The molecule has 2 amide bonds. The highest BCUT2D eigenvalue weighted by molar-refractivity contribution is 6.42. The zero-order valence-corrected chi connectivity index (χ0v) is 18.2.